The number of hydrogen-bond donors (Lipinski definition) is 1. The van der Waals surface area contributed by atoms with Crippen LogP contribution in [0.15, 0.2) is 78.9 Å². The lowest BCUT2D eigenvalue weighted by Crippen LogP contribution is -2.56. The molecule has 0 aliphatic carbocycles. The zero-order valence-corrected chi connectivity index (χ0v) is 15.5. The molecule has 4 heteroatoms. The van der Waals surface area contributed by atoms with Gasteiger partial charge in [0.25, 0.3) is 0 Å². The molecule has 0 radical (unpaired) electrons. The summed E-state index contributed by atoms with van der Waals surface area (Å²) < 4.78 is 5.35. The van der Waals surface area contributed by atoms with Crippen molar-refractivity contribution in [2.45, 2.75) is 0 Å². The zero-order chi connectivity index (χ0) is 18.8. The van der Waals surface area contributed by atoms with Gasteiger partial charge in [0.2, 0.25) is 0 Å². The number of nitrogens with one attached hydrogen (secondary N) is 1. The number of ether oxygens (including phenoxy) is 1. The van der Waals surface area contributed by atoms with E-state index in [4.69, 9.17) is 16.3 Å². The molecule has 0 atom stereocenters. The van der Waals surface area contributed by atoms with E-state index in [0.29, 0.717) is 22.0 Å². The van der Waals surface area contributed by atoms with Crippen LogP contribution in [0.3, 0.4) is 0 Å². The highest BCUT2D eigenvalue weighted by Crippen LogP contribution is 2.43. The van der Waals surface area contributed by atoms with Gasteiger partial charge in [-0.15, -0.1) is 0 Å². The minimum atomic E-state index is 0.331. The minimum absolute atomic E-state index is 0.331. The van der Waals surface area contributed by atoms with Crippen LogP contribution in [0.25, 0.3) is 33.0 Å². The standard InChI is InChI=1S/C23H16ClNO2/c1-27-21-14-13-20(24)22(23(21)25-26)19-11-5-4-10-18(19)17-12-6-8-15-7-2-3-9-16(15)17/h2-14H,1H3/p+1. The Hall–Kier alpha value is -3.17. The van der Waals surface area contributed by atoms with Crippen molar-refractivity contribution in [3.63, 3.8) is 0 Å². The minimum Gasteiger partial charge on any atom is -0.490 e. The topological polar surface area (TPSA) is 40.3 Å². The maximum Gasteiger partial charge on any atom is 0.304 e. The first-order chi connectivity index (χ1) is 13.2. The Balaban J connectivity index is 2.06. The van der Waals surface area contributed by atoms with Crippen molar-refractivity contribution in [3.8, 4) is 28.0 Å². The SMILES string of the molecule is COc1ccc(Cl)c(-c2ccccc2-c2cccc3ccccc23)c1[NH+]=O. The second-order valence-corrected chi connectivity index (χ2v) is 6.58. The lowest BCUT2D eigenvalue weighted by Gasteiger charge is -2.14. The fourth-order valence-corrected chi connectivity index (χ4v) is 3.75. The zero-order valence-electron chi connectivity index (χ0n) is 14.7. The Morgan fingerprint density at radius 1 is 0.778 bits per heavy atom. The summed E-state index contributed by atoms with van der Waals surface area (Å²) >= 11 is 6.51. The van der Waals surface area contributed by atoms with E-state index in [2.05, 4.69) is 24.3 Å². The Morgan fingerprint density at radius 3 is 2.22 bits per heavy atom. The van der Waals surface area contributed by atoms with Gasteiger partial charge in [-0.3, -0.25) is 0 Å². The van der Waals surface area contributed by atoms with Crippen LogP contribution in [0.5, 0.6) is 5.75 Å². The van der Waals surface area contributed by atoms with E-state index in [-0.39, 0.29) is 0 Å². The molecular formula is C23H17ClNO2+. The van der Waals surface area contributed by atoms with E-state index in [1.165, 1.54) is 7.11 Å². The van der Waals surface area contributed by atoms with Crippen LogP contribution in [-0.2, 0) is 0 Å². The summed E-state index contributed by atoms with van der Waals surface area (Å²) in [5, 5.41) is 4.80. The Kier molecular flexibility index (Phi) is 4.61. The number of hydrogen-bond acceptors (Lipinski definition) is 2. The molecule has 4 aromatic carbocycles. The maximum absolute atomic E-state index is 11.7. The average Bonchev–Trinajstić information content (AvgIpc) is 2.73. The molecule has 4 aromatic rings. The maximum atomic E-state index is 11.7. The molecule has 0 amide bonds. The highest BCUT2D eigenvalue weighted by Gasteiger charge is 2.23. The Labute approximate surface area is 162 Å². The molecule has 0 saturated carbocycles. The molecule has 0 spiro atoms. The van der Waals surface area contributed by atoms with E-state index in [9.17, 15) is 4.91 Å². The van der Waals surface area contributed by atoms with Gasteiger partial charge >= 0.3 is 5.69 Å². The molecule has 0 unspecified atom stereocenters. The molecule has 0 saturated heterocycles. The van der Waals surface area contributed by atoms with Gasteiger partial charge in [0.15, 0.2) is 5.75 Å². The number of nitroso groups, excluding NO2 is 1. The van der Waals surface area contributed by atoms with Crippen molar-refractivity contribution in [2.75, 3.05) is 7.11 Å². The molecule has 27 heavy (non-hydrogen) atoms. The van der Waals surface area contributed by atoms with E-state index in [1.54, 1.807) is 12.1 Å². The molecular weight excluding hydrogens is 358 g/mol. The van der Waals surface area contributed by atoms with E-state index in [0.717, 1.165) is 27.5 Å². The molecule has 1 N–H and O–H groups in total. The van der Waals surface area contributed by atoms with Crippen molar-refractivity contribution in [3.05, 3.63) is 88.8 Å². The van der Waals surface area contributed by atoms with Crippen LogP contribution >= 0.6 is 11.6 Å². The monoisotopic (exact) mass is 374 g/mol. The molecule has 4 rings (SSSR count). The number of methoxy groups -OCH3 is 1. The Bertz CT molecular complexity index is 1150. The first kappa shape index (κ1) is 17.3. The fourth-order valence-electron chi connectivity index (χ4n) is 3.49. The van der Waals surface area contributed by atoms with E-state index >= 15 is 0 Å². The molecule has 0 aromatic heterocycles. The lowest BCUT2D eigenvalue weighted by molar-refractivity contribution is -0.379. The van der Waals surface area contributed by atoms with Gasteiger partial charge < -0.3 is 4.74 Å². The molecule has 0 fully saturated rings. The van der Waals surface area contributed by atoms with Crippen LogP contribution in [-0.4, -0.2) is 7.11 Å². The van der Waals surface area contributed by atoms with Crippen LogP contribution < -0.4 is 9.91 Å². The Morgan fingerprint density at radius 2 is 1.44 bits per heavy atom. The fraction of sp³-hybridized carbons (Fsp3) is 0.0435. The average molecular weight is 375 g/mol. The van der Waals surface area contributed by atoms with Crippen molar-refractivity contribution < 1.29 is 9.91 Å². The second kappa shape index (κ2) is 7.22. The molecule has 0 heterocycles. The van der Waals surface area contributed by atoms with Gasteiger partial charge in [0, 0.05) is 10.1 Å². The highest BCUT2D eigenvalue weighted by atomic mass is 35.5. The van der Waals surface area contributed by atoms with Crippen molar-refractivity contribution in [1.29, 1.82) is 0 Å². The van der Waals surface area contributed by atoms with E-state index < -0.39 is 0 Å². The van der Waals surface area contributed by atoms with Crippen LogP contribution in [0.2, 0.25) is 5.02 Å². The lowest BCUT2D eigenvalue weighted by atomic mass is 9.90. The van der Waals surface area contributed by atoms with Gasteiger partial charge in [0.05, 0.1) is 17.7 Å². The van der Waals surface area contributed by atoms with Crippen LogP contribution in [0.1, 0.15) is 0 Å². The summed E-state index contributed by atoms with van der Waals surface area (Å²) in [4.78, 5) is 11.7. The van der Waals surface area contributed by atoms with Crippen molar-refractivity contribution >= 4 is 28.1 Å². The van der Waals surface area contributed by atoms with Crippen molar-refractivity contribution in [2.24, 2.45) is 0 Å². The first-order valence-corrected chi connectivity index (χ1v) is 8.94. The van der Waals surface area contributed by atoms with Gasteiger partial charge in [-0.25, -0.2) is 0 Å². The summed E-state index contributed by atoms with van der Waals surface area (Å²) in [6.45, 7) is 0. The molecule has 0 aliphatic heterocycles. The van der Waals surface area contributed by atoms with E-state index in [1.807, 2.05) is 47.6 Å². The number of benzene rings is 4. The van der Waals surface area contributed by atoms with Crippen LogP contribution in [0, 0.1) is 4.91 Å². The van der Waals surface area contributed by atoms with Crippen molar-refractivity contribution in [1.82, 2.24) is 0 Å². The van der Waals surface area contributed by atoms with Gasteiger partial charge in [-0.05, 0) is 39.6 Å². The summed E-state index contributed by atoms with van der Waals surface area (Å²) in [5.41, 5.74) is 3.92. The third-order valence-corrected chi connectivity index (χ3v) is 5.03. The summed E-state index contributed by atoms with van der Waals surface area (Å²) in [7, 11) is 1.53. The largest absolute Gasteiger partial charge is 0.490 e. The summed E-state index contributed by atoms with van der Waals surface area (Å²) in [5.74, 6) is 0.456. The first-order valence-electron chi connectivity index (χ1n) is 8.56. The quantitative estimate of drug-likeness (QED) is 0.525. The predicted molar refractivity (Wildman–Crippen MR) is 110 cm³/mol. The summed E-state index contributed by atoms with van der Waals surface area (Å²) in [6, 6.07) is 25.8. The molecule has 3 nitrogen and oxygen atoms in total. The van der Waals surface area contributed by atoms with Gasteiger partial charge in [-0.2, -0.15) is 0 Å². The van der Waals surface area contributed by atoms with Gasteiger partial charge in [-0.1, -0.05) is 78.3 Å². The third kappa shape index (κ3) is 2.96. The van der Waals surface area contributed by atoms with Gasteiger partial charge in [0.1, 0.15) is 0 Å². The third-order valence-electron chi connectivity index (χ3n) is 4.71. The van der Waals surface area contributed by atoms with Crippen LogP contribution in [0.4, 0.5) is 5.69 Å². The normalized spacial score (nSPS) is 10.7. The molecule has 0 aliphatic rings. The molecule has 132 valence electrons. The number of rotatable bonds is 4. The number of halogens is 1. The molecule has 0 bridgehead atoms. The highest BCUT2D eigenvalue weighted by molar-refractivity contribution is 6.34. The second-order valence-electron chi connectivity index (χ2n) is 6.17. The summed E-state index contributed by atoms with van der Waals surface area (Å²) in [6.07, 6.45) is 0. The smallest absolute Gasteiger partial charge is 0.304 e. The number of fused-ring (bicyclic) bond motifs is 1. The predicted octanol–water partition coefficient (Wildman–Crippen LogP) is 5.31.